The Kier molecular flexibility index (Phi) is 8.97. The van der Waals surface area contributed by atoms with Gasteiger partial charge in [-0.2, -0.15) is 0 Å². The number of aromatic amines is 1. The lowest BCUT2D eigenvalue weighted by molar-refractivity contribution is 0.0339. The molecule has 0 bridgehead atoms. The Balaban J connectivity index is 2.51. The van der Waals surface area contributed by atoms with E-state index in [9.17, 15) is 9.59 Å². The molecule has 34 heavy (non-hydrogen) atoms. The average Bonchev–Trinajstić information content (AvgIpc) is 2.98. The van der Waals surface area contributed by atoms with Crippen LogP contribution in [0.5, 0.6) is 0 Å². The molecule has 0 fully saturated rings. The second-order valence-electron chi connectivity index (χ2n) is 11.7. The lowest BCUT2D eigenvalue weighted by Crippen LogP contribution is -2.48. The van der Waals surface area contributed by atoms with E-state index in [2.05, 4.69) is 105 Å². The number of halogens is 2. The molecule has 11 heteroatoms. The quantitative estimate of drug-likeness (QED) is 0.358. The van der Waals surface area contributed by atoms with Crippen LogP contribution in [0.15, 0.2) is 25.1 Å². The van der Waals surface area contributed by atoms with E-state index in [4.69, 9.17) is 13.6 Å². The first-order valence-corrected chi connectivity index (χ1v) is 18.8. The van der Waals surface area contributed by atoms with E-state index in [0.717, 1.165) is 0 Å². The Morgan fingerprint density at radius 1 is 1.09 bits per heavy atom. The number of hydrogen-bond donors (Lipinski definition) is 1. The molecule has 0 radical (unpaired) electrons. The first kappa shape index (κ1) is 29.5. The summed E-state index contributed by atoms with van der Waals surface area (Å²) in [6.07, 6.45) is 2.66. The lowest BCUT2D eigenvalue weighted by atomic mass is 10.2. The van der Waals surface area contributed by atoms with Crippen molar-refractivity contribution in [2.45, 2.75) is 90.0 Å². The van der Waals surface area contributed by atoms with E-state index in [0.29, 0.717) is 21.6 Å². The highest BCUT2D eigenvalue weighted by molar-refractivity contribution is 9.28. The number of hydrogen-bond acceptors (Lipinski definition) is 5. The van der Waals surface area contributed by atoms with Crippen LogP contribution in [-0.2, 0) is 13.6 Å². The minimum Gasteiger partial charge on any atom is -0.470 e. The molecule has 2 atom stereocenters. The highest BCUT2D eigenvalue weighted by Gasteiger charge is 2.45. The van der Waals surface area contributed by atoms with Crippen LogP contribution >= 0.6 is 31.9 Å². The molecule has 1 aliphatic heterocycles. The molecule has 0 aromatic carbocycles. The molecule has 0 amide bonds. The fourth-order valence-corrected chi connectivity index (χ4v) is 5.59. The van der Waals surface area contributed by atoms with Crippen LogP contribution < -0.4 is 11.2 Å². The lowest BCUT2D eigenvalue weighted by Gasteiger charge is -2.40. The van der Waals surface area contributed by atoms with Gasteiger partial charge in [0.2, 0.25) is 5.88 Å². The maximum absolute atomic E-state index is 12.8. The zero-order valence-electron chi connectivity index (χ0n) is 21.8. The van der Waals surface area contributed by atoms with Crippen molar-refractivity contribution in [1.82, 2.24) is 9.55 Å². The van der Waals surface area contributed by atoms with Crippen LogP contribution in [0.1, 0.15) is 47.2 Å². The van der Waals surface area contributed by atoms with Gasteiger partial charge in [0, 0.05) is 12.1 Å². The van der Waals surface area contributed by atoms with Gasteiger partial charge in [-0.1, -0.05) is 41.5 Å². The summed E-state index contributed by atoms with van der Waals surface area (Å²) < 4.78 is 21.4. The molecule has 7 nitrogen and oxygen atoms in total. The highest BCUT2D eigenvalue weighted by Crippen LogP contribution is 2.41. The summed E-state index contributed by atoms with van der Waals surface area (Å²) in [4.78, 5) is 27.1. The standard InChI is InChI=1S/C23H38Br2N2O5Si2/c1-22(2,3)33(7,8)30-14-17-16(32-34(9,10)23(4,5)6)13-20(31-17)27-15(11-18(24)25)12-19(28)26-21(27)29/h11-13,16-17H,14H2,1-10H3,(H,26,28,29)/t16-,17+/m0/s1. The van der Waals surface area contributed by atoms with Gasteiger partial charge in [-0.3, -0.25) is 9.78 Å². The van der Waals surface area contributed by atoms with E-state index < -0.39 is 34.0 Å². The van der Waals surface area contributed by atoms with Gasteiger partial charge in [-0.05, 0) is 74.2 Å². The average molecular weight is 639 g/mol. The van der Waals surface area contributed by atoms with E-state index in [1.807, 2.05) is 6.08 Å². The highest BCUT2D eigenvalue weighted by atomic mass is 79.9. The predicted octanol–water partition coefficient (Wildman–Crippen LogP) is 6.23. The zero-order chi connectivity index (χ0) is 26.3. The van der Waals surface area contributed by atoms with Gasteiger partial charge in [0.1, 0.15) is 6.10 Å². The molecule has 0 spiro atoms. The normalized spacial score (nSPS) is 19.6. The summed E-state index contributed by atoms with van der Waals surface area (Å²) in [5.41, 5.74) is -0.691. The van der Waals surface area contributed by atoms with Crippen molar-refractivity contribution in [1.29, 1.82) is 0 Å². The van der Waals surface area contributed by atoms with Crippen molar-refractivity contribution in [3.8, 4) is 0 Å². The van der Waals surface area contributed by atoms with Gasteiger partial charge in [0.25, 0.3) is 5.56 Å². The third-order valence-corrected chi connectivity index (χ3v) is 16.5. The Morgan fingerprint density at radius 3 is 2.15 bits per heavy atom. The molecule has 1 aromatic heterocycles. The van der Waals surface area contributed by atoms with Gasteiger partial charge in [-0.25, -0.2) is 9.36 Å². The fourth-order valence-electron chi connectivity index (χ4n) is 2.86. The van der Waals surface area contributed by atoms with E-state index in [1.54, 1.807) is 6.08 Å². The molecule has 192 valence electrons. The van der Waals surface area contributed by atoms with Crippen molar-refractivity contribution < 1.29 is 13.6 Å². The van der Waals surface area contributed by atoms with Crippen LogP contribution in [-0.4, -0.2) is 45.0 Å². The molecule has 2 rings (SSSR count). The van der Waals surface area contributed by atoms with Crippen molar-refractivity contribution in [3.05, 3.63) is 42.1 Å². The van der Waals surface area contributed by atoms with Gasteiger partial charge >= 0.3 is 5.69 Å². The summed E-state index contributed by atoms with van der Waals surface area (Å²) in [5.74, 6) is 0.321. The van der Waals surface area contributed by atoms with Crippen LogP contribution in [0.25, 0.3) is 12.0 Å². The molecule has 1 aromatic rings. The zero-order valence-corrected chi connectivity index (χ0v) is 27.0. The van der Waals surface area contributed by atoms with E-state index in [1.165, 1.54) is 10.6 Å². The predicted molar refractivity (Wildman–Crippen MR) is 152 cm³/mol. The van der Waals surface area contributed by atoms with Gasteiger partial charge in [0.05, 0.1) is 15.7 Å². The van der Waals surface area contributed by atoms with Gasteiger partial charge in [0.15, 0.2) is 22.7 Å². The van der Waals surface area contributed by atoms with Crippen LogP contribution in [0.2, 0.25) is 36.3 Å². The molecule has 1 aliphatic rings. The maximum Gasteiger partial charge on any atom is 0.335 e. The summed E-state index contributed by atoms with van der Waals surface area (Å²) in [6, 6.07) is 1.34. The van der Waals surface area contributed by atoms with Crippen molar-refractivity contribution in [2.24, 2.45) is 0 Å². The number of aromatic nitrogens is 2. The van der Waals surface area contributed by atoms with Crippen LogP contribution in [0.4, 0.5) is 0 Å². The van der Waals surface area contributed by atoms with Crippen LogP contribution in [0.3, 0.4) is 0 Å². The van der Waals surface area contributed by atoms with Crippen molar-refractivity contribution in [3.63, 3.8) is 0 Å². The molecule has 2 heterocycles. The summed E-state index contributed by atoms with van der Waals surface area (Å²) in [7, 11) is -4.19. The third-order valence-electron chi connectivity index (χ3n) is 7.04. The molecular weight excluding hydrogens is 600 g/mol. The Labute approximate surface area is 221 Å². The Hall–Kier alpha value is -0.726. The summed E-state index contributed by atoms with van der Waals surface area (Å²) in [6.45, 7) is 22.2. The minimum atomic E-state index is -2.16. The van der Waals surface area contributed by atoms with Crippen molar-refractivity contribution in [2.75, 3.05) is 6.61 Å². The fraction of sp³-hybridized carbons (Fsp3) is 0.652. The van der Waals surface area contributed by atoms with Gasteiger partial charge < -0.3 is 13.6 Å². The molecule has 0 aliphatic carbocycles. The first-order valence-electron chi connectivity index (χ1n) is 11.3. The second-order valence-corrected chi connectivity index (χ2v) is 24.0. The number of H-pyrrole nitrogens is 1. The smallest absolute Gasteiger partial charge is 0.335 e. The van der Waals surface area contributed by atoms with Crippen molar-refractivity contribution >= 4 is 60.5 Å². The first-order chi connectivity index (χ1) is 15.2. The number of nitrogens with zero attached hydrogens (tertiary/aromatic N) is 1. The summed E-state index contributed by atoms with van der Waals surface area (Å²) in [5, 5.41) is 0.0472. The number of nitrogens with one attached hydrogen (secondary N) is 1. The topological polar surface area (TPSA) is 82.5 Å². The molecular formula is C23H38Br2N2O5Si2. The Morgan fingerprint density at radius 2 is 1.65 bits per heavy atom. The molecule has 0 saturated carbocycles. The van der Waals surface area contributed by atoms with E-state index in [-0.39, 0.29) is 16.2 Å². The third kappa shape index (κ3) is 6.94. The molecule has 1 N–H and O–H groups in total. The van der Waals surface area contributed by atoms with Crippen LogP contribution in [0, 0.1) is 0 Å². The van der Waals surface area contributed by atoms with E-state index >= 15 is 0 Å². The monoisotopic (exact) mass is 636 g/mol. The number of ether oxygens (including phenoxy) is 1. The minimum absolute atomic E-state index is 0.00201. The Bertz CT molecular complexity index is 1070. The van der Waals surface area contributed by atoms with Gasteiger partial charge in [-0.15, -0.1) is 0 Å². The largest absolute Gasteiger partial charge is 0.470 e. The number of rotatable bonds is 7. The molecule has 0 saturated heterocycles. The SMILES string of the molecule is CC(C)(C)[Si](C)(C)OC[C@H]1OC(n2c(C=C(Br)Br)cc(=O)[nH]c2=O)=C[C@@H]1O[Si](C)(C)C(C)(C)C. The summed E-state index contributed by atoms with van der Waals surface area (Å²) >= 11 is 6.62. The maximum atomic E-state index is 12.8. The molecule has 0 unspecified atom stereocenters. The second kappa shape index (κ2) is 10.3.